The van der Waals surface area contributed by atoms with Gasteiger partial charge in [0.15, 0.2) is 5.11 Å². The summed E-state index contributed by atoms with van der Waals surface area (Å²) in [4.78, 5) is 5.92. The van der Waals surface area contributed by atoms with Gasteiger partial charge in [0.05, 0.1) is 12.2 Å². The molecule has 3 rings (SSSR count). The molecule has 0 saturated carbocycles. The molecule has 1 N–H and O–H groups in total. The number of para-hydroxylation sites is 1. The molecule has 1 saturated heterocycles. The van der Waals surface area contributed by atoms with Crippen LogP contribution in [0.25, 0.3) is 0 Å². The molecule has 0 radical (unpaired) electrons. The van der Waals surface area contributed by atoms with Crippen molar-refractivity contribution >= 4 is 34.4 Å². The van der Waals surface area contributed by atoms with E-state index in [1.807, 2.05) is 6.07 Å². The zero-order valence-electron chi connectivity index (χ0n) is 14.3. The van der Waals surface area contributed by atoms with E-state index in [1.54, 1.807) is 23.5 Å². The number of nitrogens with zero attached hydrogens (tertiary/aromatic N) is 2. The van der Waals surface area contributed by atoms with Crippen molar-refractivity contribution in [2.45, 2.75) is 25.8 Å². The summed E-state index contributed by atoms with van der Waals surface area (Å²) in [7, 11) is 0. The molecule has 1 aliphatic rings. The van der Waals surface area contributed by atoms with Gasteiger partial charge in [0.2, 0.25) is 0 Å². The normalized spacial score (nSPS) is 14.6. The lowest BCUT2D eigenvalue weighted by Gasteiger charge is -2.26. The molecule has 1 aromatic heterocycles. The summed E-state index contributed by atoms with van der Waals surface area (Å²) in [6, 6.07) is 10.8. The number of thiophene rings is 1. The van der Waals surface area contributed by atoms with E-state index in [4.69, 9.17) is 12.2 Å². The van der Waals surface area contributed by atoms with Gasteiger partial charge in [-0.25, -0.2) is 4.39 Å². The van der Waals surface area contributed by atoms with Crippen LogP contribution in [0.1, 0.15) is 24.1 Å². The molecule has 6 heteroatoms. The quantitative estimate of drug-likeness (QED) is 0.712. The molecule has 134 valence electrons. The average molecular weight is 378 g/mol. The smallest absolute Gasteiger partial charge is 0.173 e. The van der Waals surface area contributed by atoms with E-state index in [0.29, 0.717) is 10.8 Å². The molecule has 0 aliphatic carbocycles. The van der Waals surface area contributed by atoms with Crippen LogP contribution in [0.4, 0.5) is 10.1 Å². The summed E-state index contributed by atoms with van der Waals surface area (Å²) >= 11 is 7.30. The van der Waals surface area contributed by atoms with Crippen molar-refractivity contribution in [3.05, 3.63) is 52.5 Å². The van der Waals surface area contributed by atoms with Crippen LogP contribution in [0, 0.1) is 5.82 Å². The molecular formula is C19H24FN3S2. The van der Waals surface area contributed by atoms with Crippen molar-refractivity contribution in [3.63, 3.8) is 0 Å². The number of anilines is 1. The minimum Gasteiger partial charge on any atom is -0.344 e. The maximum absolute atomic E-state index is 13.9. The molecule has 1 fully saturated rings. The van der Waals surface area contributed by atoms with E-state index >= 15 is 0 Å². The highest BCUT2D eigenvalue weighted by Crippen LogP contribution is 2.17. The van der Waals surface area contributed by atoms with E-state index in [0.717, 1.165) is 26.1 Å². The fourth-order valence-electron chi connectivity index (χ4n) is 3.09. The second-order valence-corrected chi connectivity index (χ2v) is 7.73. The van der Waals surface area contributed by atoms with Gasteiger partial charge in [-0.1, -0.05) is 18.2 Å². The van der Waals surface area contributed by atoms with Gasteiger partial charge in [0.25, 0.3) is 0 Å². The second kappa shape index (κ2) is 9.27. The standard InChI is InChI=1S/C19H24FN3S2/c20-17-8-1-2-9-18(17)21-19(24)23(15-16-7-5-14-25-16)13-6-12-22-10-3-4-11-22/h1-2,5,7-9,14H,3-4,6,10-13,15H2,(H,21,24). The fraction of sp³-hybridized carbons (Fsp3) is 0.421. The van der Waals surface area contributed by atoms with Crippen molar-refractivity contribution in [3.8, 4) is 0 Å². The van der Waals surface area contributed by atoms with Crippen LogP contribution in [-0.4, -0.2) is 41.1 Å². The fourth-order valence-corrected chi connectivity index (χ4v) is 4.08. The molecule has 0 spiro atoms. The number of nitrogens with one attached hydrogen (secondary N) is 1. The molecule has 2 heterocycles. The first-order valence-electron chi connectivity index (χ1n) is 8.77. The van der Waals surface area contributed by atoms with Gasteiger partial charge < -0.3 is 15.1 Å². The monoisotopic (exact) mass is 377 g/mol. The lowest BCUT2D eigenvalue weighted by atomic mass is 10.3. The van der Waals surface area contributed by atoms with Gasteiger partial charge in [-0.2, -0.15) is 0 Å². The van der Waals surface area contributed by atoms with Crippen molar-refractivity contribution in [2.75, 3.05) is 31.5 Å². The Kier molecular flexibility index (Phi) is 6.78. The van der Waals surface area contributed by atoms with E-state index in [1.165, 1.54) is 36.9 Å². The molecule has 0 unspecified atom stereocenters. The van der Waals surface area contributed by atoms with Crippen LogP contribution in [0.5, 0.6) is 0 Å². The van der Waals surface area contributed by atoms with Crippen molar-refractivity contribution < 1.29 is 4.39 Å². The van der Waals surface area contributed by atoms with Gasteiger partial charge in [0.1, 0.15) is 5.82 Å². The summed E-state index contributed by atoms with van der Waals surface area (Å²) in [6.45, 7) is 5.15. The highest BCUT2D eigenvalue weighted by atomic mass is 32.1. The number of rotatable bonds is 7. The summed E-state index contributed by atoms with van der Waals surface area (Å²) in [5.41, 5.74) is 0.434. The van der Waals surface area contributed by atoms with Gasteiger partial charge in [-0.3, -0.25) is 0 Å². The molecule has 1 aliphatic heterocycles. The minimum atomic E-state index is -0.280. The predicted molar refractivity (Wildman–Crippen MR) is 108 cm³/mol. The molecule has 1 aromatic carbocycles. The van der Waals surface area contributed by atoms with E-state index < -0.39 is 0 Å². The molecule has 2 aromatic rings. The first kappa shape index (κ1) is 18.3. The maximum atomic E-state index is 13.9. The number of thiocarbonyl (C=S) groups is 1. The molecule has 0 amide bonds. The van der Waals surface area contributed by atoms with Crippen LogP contribution in [0.3, 0.4) is 0 Å². The third-order valence-corrected chi connectivity index (χ3v) is 5.65. The zero-order valence-corrected chi connectivity index (χ0v) is 15.9. The predicted octanol–water partition coefficient (Wildman–Crippen LogP) is 4.57. The Morgan fingerprint density at radius 1 is 1.20 bits per heavy atom. The summed E-state index contributed by atoms with van der Waals surface area (Å²) in [6.07, 6.45) is 3.68. The number of hydrogen-bond acceptors (Lipinski definition) is 3. The van der Waals surface area contributed by atoms with E-state index in [2.05, 4.69) is 32.6 Å². The van der Waals surface area contributed by atoms with Gasteiger partial charge in [-0.15, -0.1) is 11.3 Å². The number of likely N-dealkylation sites (tertiary alicyclic amines) is 1. The van der Waals surface area contributed by atoms with Crippen LogP contribution in [0.15, 0.2) is 41.8 Å². The third-order valence-electron chi connectivity index (χ3n) is 4.43. The summed E-state index contributed by atoms with van der Waals surface area (Å²) in [5.74, 6) is -0.280. The Labute approximate surface area is 158 Å². The highest BCUT2D eigenvalue weighted by Gasteiger charge is 2.15. The first-order valence-corrected chi connectivity index (χ1v) is 10.1. The van der Waals surface area contributed by atoms with Crippen LogP contribution in [-0.2, 0) is 6.54 Å². The molecule has 25 heavy (non-hydrogen) atoms. The number of benzene rings is 1. The van der Waals surface area contributed by atoms with E-state index in [9.17, 15) is 4.39 Å². The molecular weight excluding hydrogens is 353 g/mol. The Morgan fingerprint density at radius 3 is 2.72 bits per heavy atom. The van der Waals surface area contributed by atoms with Crippen molar-refractivity contribution in [2.24, 2.45) is 0 Å². The Balaban J connectivity index is 1.60. The lowest BCUT2D eigenvalue weighted by molar-refractivity contribution is 0.307. The van der Waals surface area contributed by atoms with Crippen molar-refractivity contribution in [1.29, 1.82) is 0 Å². The average Bonchev–Trinajstić information content (AvgIpc) is 3.29. The zero-order chi connectivity index (χ0) is 17.5. The lowest BCUT2D eigenvalue weighted by Crippen LogP contribution is -2.36. The SMILES string of the molecule is Fc1ccccc1NC(=S)N(CCCN1CCCC1)Cc1cccs1. The largest absolute Gasteiger partial charge is 0.344 e. The van der Waals surface area contributed by atoms with Crippen LogP contribution in [0.2, 0.25) is 0 Å². The summed E-state index contributed by atoms with van der Waals surface area (Å²) < 4.78 is 13.9. The summed E-state index contributed by atoms with van der Waals surface area (Å²) in [5, 5.41) is 5.73. The molecule has 0 bridgehead atoms. The highest BCUT2D eigenvalue weighted by molar-refractivity contribution is 7.80. The first-order chi connectivity index (χ1) is 12.2. The Bertz CT molecular complexity index is 669. The van der Waals surface area contributed by atoms with Gasteiger partial charge in [0, 0.05) is 11.4 Å². The molecule has 0 atom stereocenters. The van der Waals surface area contributed by atoms with Crippen LogP contribution >= 0.6 is 23.6 Å². The van der Waals surface area contributed by atoms with Crippen LogP contribution < -0.4 is 5.32 Å². The van der Waals surface area contributed by atoms with E-state index in [-0.39, 0.29) is 5.82 Å². The minimum absolute atomic E-state index is 0.280. The topological polar surface area (TPSA) is 18.5 Å². The van der Waals surface area contributed by atoms with Crippen molar-refractivity contribution in [1.82, 2.24) is 9.80 Å². The van der Waals surface area contributed by atoms with Gasteiger partial charge >= 0.3 is 0 Å². The number of hydrogen-bond donors (Lipinski definition) is 1. The number of halogens is 1. The molecule has 3 nitrogen and oxygen atoms in total. The Morgan fingerprint density at radius 2 is 2.00 bits per heavy atom. The third kappa shape index (κ3) is 5.49. The van der Waals surface area contributed by atoms with Gasteiger partial charge in [-0.05, 0) is 74.7 Å². The Hall–Kier alpha value is -1.50. The maximum Gasteiger partial charge on any atom is 0.173 e. The second-order valence-electron chi connectivity index (χ2n) is 6.31.